The molecule has 17 heavy (non-hydrogen) atoms. The summed E-state index contributed by atoms with van der Waals surface area (Å²) < 4.78 is 5.44. The maximum Gasteiger partial charge on any atom is 0.109 e. The van der Waals surface area contributed by atoms with Gasteiger partial charge >= 0.3 is 0 Å². The smallest absolute Gasteiger partial charge is 0.109 e. The molecular weight excluding hydrogens is 212 g/mol. The molecule has 0 saturated carbocycles. The first-order chi connectivity index (χ1) is 7.91. The van der Waals surface area contributed by atoms with Gasteiger partial charge in [0.05, 0.1) is 11.9 Å². The summed E-state index contributed by atoms with van der Waals surface area (Å²) in [4.78, 5) is 0. The van der Waals surface area contributed by atoms with Gasteiger partial charge in [-0.25, -0.2) is 0 Å². The summed E-state index contributed by atoms with van der Waals surface area (Å²) in [5, 5.41) is 10.7. The second-order valence-corrected chi connectivity index (χ2v) is 6.56. The van der Waals surface area contributed by atoms with E-state index in [1.807, 2.05) is 6.07 Å². The average molecular weight is 236 g/mol. The lowest BCUT2D eigenvalue weighted by molar-refractivity contribution is 0.00376. The molecule has 1 atom stereocenters. The summed E-state index contributed by atoms with van der Waals surface area (Å²) in [5.74, 6) is 0.995. The van der Waals surface area contributed by atoms with Crippen molar-refractivity contribution in [2.45, 2.75) is 64.9 Å². The molecule has 0 saturated heterocycles. The quantitative estimate of drug-likeness (QED) is 0.860. The molecule has 0 bridgehead atoms. The van der Waals surface area contributed by atoms with Crippen molar-refractivity contribution < 1.29 is 9.52 Å². The second kappa shape index (κ2) is 4.49. The van der Waals surface area contributed by atoms with Crippen LogP contribution in [0.4, 0.5) is 0 Å². The van der Waals surface area contributed by atoms with Gasteiger partial charge in [-0.1, -0.05) is 20.8 Å². The van der Waals surface area contributed by atoms with Gasteiger partial charge in [-0.3, -0.25) is 0 Å². The van der Waals surface area contributed by atoms with Crippen LogP contribution in [-0.2, 0) is 12.0 Å². The van der Waals surface area contributed by atoms with Gasteiger partial charge < -0.3 is 9.52 Å². The highest BCUT2D eigenvalue weighted by Gasteiger charge is 2.35. The Hall–Kier alpha value is -0.760. The molecule has 1 aliphatic rings. The molecule has 2 rings (SSSR count). The first kappa shape index (κ1) is 12.7. The molecule has 0 radical (unpaired) electrons. The first-order valence-corrected chi connectivity index (χ1v) is 6.70. The fraction of sp³-hybridized carbons (Fsp3) is 0.733. The van der Waals surface area contributed by atoms with Gasteiger partial charge in [0.2, 0.25) is 0 Å². The zero-order chi connectivity index (χ0) is 12.5. The molecule has 2 nitrogen and oxygen atoms in total. The highest BCUT2D eigenvalue weighted by Crippen LogP contribution is 2.40. The van der Waals surface area contributed by atoms with Gasteiger partial charge in [-0.2, -0.15) is 0 Å². The number of fused-ring (bicyclic) bond motifs is 1. The van der Waals surface area contributed by atoms with Gasteiger partial charge in [0.25, 0.3) is 0 Å². The minimum atomic E-state index is -0.633. The van der Waals surface area contributed by atoms with Gasteiger partial charge in [-0.05, 0) is 43.6 Å². The van der Waals surface area contributed by atoms with E-state index in [0.29, 0.717) is 5.41 Å². The van der Waals surface area contributed by atoms with Crippen LogP contribution in [0.15, 0.2) is 16.7 Å². The van der Waals surface area contributed by atoms with Crippen molar-refractivity contribution in [3.05, 3.63) is 23.7 Å². The van der Waals surface area contributed by atoms with Crippen LogP contribution in [0.25, 0.3) is 0 Å². The molecular formula is C15H24O2. The average Bonchev–Trinajstić information content (AvgIpc) is 2.65. The van der Waals surface area contributed by atoms with Crippen LogP contribution >= 0.6 is 0 Å². The third kappa shape index (κ3) is 2.92. The Bertz CT molecular complexity index is 373. The molecule has 96 valence electrons. The van der Waals surface area contributed by atoms with E-state index >= 15 is 0 Å². The van der Waals surface area contributed by atoms with Crippen LogP contribution in [-0.4, -0.2) is 5.11 Å². The third-order valence-electron chi connectivity index (χ3n) is 3.76. The fourth-order valence-corrected chi connectivity index (χ4v) is 2.80. The lowest BCUT2D eigenvalue weighted by atomic mass is 9.78. The van der Waals surface area contributed by atoms with Gasteiger partial charge in [-0.15, -0.1) is 0 Å². The predicted octanol–water partition coefficient (Wildman–Crippen LogP) is 4.02. The standard InChI is InChI=1S/C15H24O2/c1-14(2,3)8-5-10-15(16)9-4-6-13-12(15)7-11-17-13/h7,11,16H,4-6,8-10H2,1-3H3. The van der Waals surface area contributed by atoms with Crippen LogP contribution in [0.3, 0.4) is 0 Å². The number of aliphatic hydroxyl groups is 1. The van der Waals surface area contributed by atoms with E-state index in [4.69, 9.17) is 4.42 Å². The first-order valence-electron chi connectivity index (χ1n) is 6.70. The number of aryl methyl sites for hydroxylation is 1. The maximum absolute atomic E-state index is 10.7. The Labute approximate surface area is 104 Å². The zero-order valence-corrected chi connectivity index (χ0v) is 11.3. The molecule has 1 aliphatic carbocycles. The molecule has 0 aromatic carbocycles. The minimum Gasteiger partial charge on any atom is -0.469 e. The number of furan rings is 1. The molecule has 1 unspecified atom stereocenters. The number of hydrogen-bond donors (Lipinski definition) is 1. The Kier molecular flexibility index (Phi) is 3.35. The van der Waals surface area contributed by atoms with E-state index in [0.717, 1.165) is 49.8 Å². The molecule has 1 N–H and O–H groups in total. The summed E-state index contributed by atoms with van der Waals surface area (Å²) in [6.45, 7) is 6.75. The Balaban J connectivity index is 2.01. The van der Waals surface area contributed by atoms with Gasteiger partial charge in [0, 0.05) is 12.0 Å². The van der Waals surface area contributed by atoms with E-state index in [1.165, 1.54) is 0 Å². The molecule has 2 heteroatoms. The fourth-order valence-electron chi connectivity index (χ4n) is 2.80. The highest BCUT2D eigenvalue weighted by molar-refractivity contribution is 5.27. The molecule has 0 aliphatic heterocycles. The van der Waals surface area contributed by atoms with Crippen molar-refractivity contribution in [2.24, 2.45) is 5.41 Å². The van der Waals surface area contributed by atoms with Crippen LogP contribution in [0, 0.1) is 5.41 Å². The molecule has 0 fully saturated rings. The Morgan fingerprint density at radius 1 is 1.41 bits per heavy atom. The zero-order valence-electron chi connectivity index (χ0n) is 11.3. The highest BCUT2D eigenvalue weighted by atomic mass is 16.3. The lowest BCUT2D eigenvalue weighted by Crippen LogP contribution is -2.30. The number of rotatable bonds is 3. The number of hydrogen-bond acceptors (Lipinski definition) is 2. The predicted molar refractivity (Wildman–Crippen MR) is 68.8 cm³/mol. The van der Waals surface area contributed by atoms with Crippen LogP contribution in [0.2, 0.25) is 0 Å². The molecule has 1 heterocycles. The van der Waals surface area contributed by atoms with Gasteiger partial charge in [0.1, 0.15) is 5.76 Å². The van der Waals surface area contributed by atoms with E-state index < -0.39 is 5.60 Å². The molecule has 0 spiro atoms. The largest absolute Gasteiger partial charge is 0.469 e. The summed E-state index contributed by atoms with van der Waals surface area (Å²) in [5.41, 5.74) is 0.758. The summed E-state index contributed by atoms with van der Waals surface area (Å²) in [6, 6.07) is 1.95. The Morgan fingerprint density at radius 2 is 2.18 bits per heavy atom. The SMILES string of the molecule is CC(C)(C)CCCC1(O)CCCc2occc21. The minimum absolute atomic E-state index is 0.351. The van der Waals surface area contributed by atoms with E-state index in [2.05, 4.69) is 20.8 Å². The van der Waals surface area contributed by atoms with Crippen molar-refractivity contribution in [3.8, 4) is 0 Å². The second-order valence-electron chi connectivity index (χ2n) is 6.56. The normalized spacial score (nSPS) is 24.7. The molecule has 0 amide bonds. The van der Waals surface area contributed by atoms with Crippen LogP contribution in [0.5, 0.6) is 0 Å². The maximum atomic E-state index is 10.7. The van der Waals surface area contributed by atoms with Crippen molar-refractivity contribution in [3.63, 3.8) is 0 Å². The van der Waals surface area contributed by atoms with Crippen molar-refractivity contribution in [2.75, 3.05) is 0 Å². The lowest BCUT2D eigenvalue weighted by Gasteiger charge is -2.32. The van der Waals surface area contributed by atoms with Crippen molar-refractivity contribution >= 4 is 0 Å². The van der Waals surface area contributed by atoms with E-state index in [1.54, 1.807) is 6.26 Å². The van der Waals surface area contributed by atoms with Crippen LogP contribution in [0.1, 0.15) is 64.2 Å². The van der Waals surface area contributed by atoms with Crippen LogP contribution < -0.4 is 0 Å². The third-order valence-corrected chi connectivity index (χ3v) is 3.76. The van der Waals surface area contributed by atoms with Gasteiger partial charge in [0.15, 0.2) is 0 Å². The molecule has 1 aromatic rings. The van der Waals surface area contributed by atoms with Crippen molar-refractivity contribution in [1.29, 1.82) is 0 Å². The monoisotopic (exact) mass is 236 g/mol. The summed E-state index contributed by atoms with van der Waals surface area (Å²) >= 11 is 0. The topological polar surface area (TPSA) is 33.4 Å². The molecule has 1 aromatic heterocycles. The van der Waals surface area contributed by atoms with Crippen molar-refractivity contribution in [1.82, 2.24) is 0 Å². The summed E-state index contributed by atoms with van der Waals surface area (Å²) in [6.07, 6.45) is 7.69. The summed E-state index contributed by atoms with van der Waals surface area (Å²) in [7, 11) is 0. The van der Waals surface area contributed by atoms with E-state index in [9.17, 15) is 5.11 Å². The Morgan fingerprint density at radius 3 is 2.88 bits per heavy atom. The van der Waals surface area contributed by atoms with E-state index in [-0.39, 0.29) is 0 Å².